The van der Waals surface area contributed by atoms with Crippen LogP contribution in [0.4, 0.5) is 0 Å². The van der Waals surface area contributed by atoms with Crippen molar-refractivity contribution in [2.75, 3.05) is 0 Å². The van der Waals surface area contributed by atoms with Gasteiger partial charge in [-0.15, -0.1) is 0 Å². The zero-order chi connectivity index (χ0) is 4.99. The quantitative estimate of drug-likeness (QED) is 0.202. The molecule has 0 aromatic heterocycles. The normalized spacial score (nSPS) is 6.83. The van der Waals surface area contributed by atoms with E-state index in [1.165, 1.54) is 0 Å². The highest BCUT2D eigenvalue weighted by atomic mass is 16.5. The summed E-state index contributed by atoms with van der Waals surface area (Å²) in [5.74, 6) is -0.259. The lowest BCUT2D eigenvalue weighted by Crippen LogP contribution is -2.24. The molecule has 0 fully saturated rings. The van der Waals surface area contributed by atoms with E-state index in [1.54, 1.807) is 0 Å². The van der Waals surface area contributed by atoms with Gasteiger partial charge in [0.1, 0.15) is 0 Å². The van der Waals surface area contributed by atoms with Gasteiger partial charge in [0.05, 0.1) is 0 Å². The van der Waals surface area contributed by atoms with Crippen LogP contribution in [-0.4, -0.2) is 5.96 Å². The van der Waals surface area contributed by atoms with Crippen LogP contribution in [0.25, 0.3) is 0 Å². The van der Waals surface area contributed by atoms with Crippen molar-refractivity contribution in [1.82, 2.24) is 5.59 Å². The first-order chi connectivity index (χ1) is 2.77. The van der Waals surface area contributed by atoms with Crippen molar-refractivity contribution in [3.63, 3.8) is 0 Å². The summed E-state index contributed by atoms with van der Waals surface area (Å²) < 4.78 is 0. The molecule has 0 heterocycles. The molecule has 0 spiro atoms. The third-order valence-corrected chi connectivity index (χ3v) is 0.175. The minimum atomic E-state index is -0.259. The predicted octanol–water partition coefficient (Wildman–Crippen LogP) is -1.74. The molecule has 0 saturated heterocycles. The summed E-state index contributed by atoms with van der Waals surface area (Å²) >= 11 is 0. The number of nitrogens with one attached hydrogen (secondary N) is 1. The summed E-state index contributed by atoms with van der Waals surface area (Å²) in [6, 6.07) is 0. The number of nitrogens with zero attached hydrogens (tertiary/aromatic N) is 1. The van der Waals surface area contributed by atoms with Crippen LogP contribution >= 0.6 is 0 Å². The van der Waals surface area contributed by atoms with Crippen molar-refractivity contribution in [2.24, 2.45) is 16.6 Å². The maximum Gasteiger partial charge on any atom is 0.207 e. The van der Waals surface area contributed by atoms with Gasteiger partial charge in [-0.2, -0.15) is 5.10 Å². The first-order valence-electron chi connectivity index (χ1n) is 1.23. The van der Waals surface area contributed by atoms with Crippen LogP contribution in [0.1, 0.15) is 0 Å². The van der Waals surface area contributed by atoms with E-state index < -0.39 is 0 Å². The molecule has 0 saturated carbocycles. The number of guanidine groups is 1. The molecule has 5 heteroatoms. The molecule has 0 atom stereocenters. The van der Waals surface area contributed by atoms with E-state index in [4.69, 9.17) is 5.21 Å². The van der Waals surface area contributed by atoms with Crippen molar-refractivity contribution in [1.29, 1.82) is 0 Å². The van der Waals surface area contributed by atoms with E-state index in [2.05, 4.69) is 16.6 Å². The number of hydrogen-bond acceptors (Lipinski definition) is 3. The Morgan fingerprint density at radius 2 is 2.17 bits per heavy atom. The average molecular weight is 89.1 g/mol. The molecule has 0 rings (SSSR count). The molecule has 0 aliphatic heterocycles. The summed E-state index contributed by atoms with van der Waals surface area (Å²) in [4.78, 5) is 0. The zero-order valence-corrected chi connectivity index (χ0v) is 3.01. The smallest absolute Gasteiger partial charge is 0.207 e. The molecule has 0 aliphatic rings. The molecular formula is CH5N4O-. The van der Waals surface area contributed by atoms with Gasteiger partial charge in [0.2, 0.25) is 5.96 Å². The highest BCUT2D eigenvalue weighted by Crippen LogP contribution is 1.44. The Morgan fingerprint density at radius 1 is 1.67 bits per heavy atom. The standard InChI is InChI=1S/CH5N4O/c2-1(3)4-5-6/h5H,(H4,2,3,4)/q-1. The van der Waals surface area contributed by atoms with E-state index in [0.29, 0.717) is 0 Å². The fraction of sp³-hybridized carbons (Fsp3) is 0. The maximum atomic E-state index is 9.14. The second kappa shape index (κ2) is 2.28. The highest BCUT2D eigenvalue weighted by Gasteiger charge is 1.64. The number of hydrazone groups is 1. The lowest BCUT2D eigenvalue weighted by Gasteiger charge is -1.97. The first kappa shape index (κ1) is 5.03. The van der Waals surface area contributed by atoms with E-state index in [1.807, 2.05) is 0 Å². The fourth-order valence-electron chi connectivity index (χ4n) is 0.0527. The Kier molecular flexibility index (Phi) is 1.91. The average Bonchev–Trinajstić information content (AvgIpc) is 1.35. The summed E-state index contributed by atoms with van der Waals surface area (Å²) in [5.41, 5.74) is 10.5. The third-order valence-electron chi connectivity index (χ3n) is 0.175. The third kappa shape index (κ3) is 3.03. The van der Waals surface area contributed by atoms with Crippen LogP contribution in [0.3, 0.4) is 0 Å². The molecule has 0 aliphatic carbocycles. The van der Waals surface area contributed by atoms with E-state index in [9.17, 15) is 0 Å². The van der Waals surface area contributed by atoms with Crippen LogP contribution in [0.2, 0.25) is 0 Å². The maximum absolute atomic E-state index is 9.14. The van der Waals surface area contributed by atoms with Gasteiger partial charge in [0.25, 0.3) is 0 Å². The SMILES string of the molecule is NC(N)=NN[O-]. The molecule has 0 aromatic rings. The van der Waals surface area contributed by atoms with Gasteiger partial charge in [0.15, 0.2) is 0 Å². The molecule has 5 N–H and O–H groups in total. The van der Waals surface area contributed by atoms with Crippen molar-refractivity contribution >= 4 is 5.96 Å². The largest absolute Gasteiger partial charge is 0.744 e. The van der Waals surface area contributed by atoms with E-state index >= 15 is 0 Å². The predicted molar refractivity (Wildman–Crippen MR) is 22.3 cm³/mol. The van der Waals surface area contributed by atoms with Crippen molar-refractivity contribution in [2.45, 2.75) is 0 Å². The van der Waals surface area contributed by atoms with E-state index in [-0.39, 0.29) is 5.96 Å². The molecule has 5 nitrogen and oxygen atoms in total. The van der Waals surface area contributed by atoms with Crippen LogP contribution in [0, 0.1) is 5.21 Å². The molecular weight excluding hydrogens is 84.0 g/mol. The Labute approximate surface area is 34.6 Å². The molecule has 36 valence electrons. The minimum Gasteiger partial charge on any atom is -0.744 e. The summed E-state index contributed by atoms with van der Waals surface area (Å²) in [7, 11) is 0. The van der Waals surface area contributed by atoms with Gasteiger partial charge in [-0.1, -0.05) is 0 Å². The van der Waals surface area contributed by atoms with Crippen LogP contribution in [-0.2, 0) is 0 Å². The van der Waals surface area contributed by atoms with Gasteiger partial charge >= 0.3 is 0 Å². The Morgan fingerprint density at radius 3 is 2.17 bits per heavy atom. The van der Waals surface area contributed by atoms with Gasteiger partial charge in [-0.25, -0.2) is 0 Å². The molecule has 6 heavy (non-hydrogen) atoms. The van der Waals surface area contributed by atoms with E-state index in [0.717, 1.165) is 5.59 Å². The van der Waals surface area contributed by atoms with Crippen molar-refractivity contribution in [3.8, 4) is 0 Å². The number of hydrogen-bond donors (Lipinski definition) is 3. The van der Waals surface area contributed by atoms with Gasteiger partial charge < -0.3 is 22.3 Å². The lowest BCUT2D eigenvalue weighted by atomic mass is 11.1. The van der Waals surface area contributed by atoms with Crippen molar-refractivity contribution in [3.05, 3.63) is 5.21 Å². The summed E-state index contributed by atoms with van der Waals surface area (Å²) in [5, 5.41) is 11.9. The molecule has 0 radical (unpaired) electrons. The van der Waals surface area contributed by atoms with Gasteiger partial charge in [0, 0.05) is 0 Å². The van der Waals surface area contributed by atoms with Gasteiger partial charge in [-0.3, -0.25) is 0 Å². The first-order valence-corrected chi connectivity index (χ1v) is 1.23. The van der Waals surface area contributed by atoms with Crippen LogP contribution in [0.5, 0.6) is 0 Å². The molecule has 0 aromatic carbocycles. The summed E-state index contributed by atoms with van der Waals surface area (Å²) in [6.45, 7) is 0. The summed E-state index contributed by atoms with van der Waals surface area (Å²) in [6.07, 6.45) is 0. The monoisotopic (exact) mass is 89.0 g/mol. The van der Waals surface area contributed by atoms with Crippen molar-refractivity contribution < 1.29 is 0 Å². The van der Waals surface area contributed by atoms with Crippen LogP contribution < -0.4 is 17.1 Å². The van der Waals surface area contributed by atoms with Gasteiger partial charge in [-0.05, 0) is 0 Å². The molecule has 0 amide bonds. The zero-order valence-electron chi connectivity index (χ0n) is 3.01. The fourth-order valence-corrected chi connectivity index (χ4v) is 0.0527. The topological polar surface area (TPSA) is 99.5 Å². The number of rotatable bonds is 1. The molecule has 0 unspecified atom stereocenters. The lowest BCUT2D eigenvalue weighted by molar-refractivity contribution is 0.966. The van der Waals surface area contributed by atoms with Crippen LogP contribution in [0.15, 0.2) is 5.10 Å². The second-order valence-electron chi connectivity index (χ2n) is 0.628. The Bertz CT molecular complexity index is 54.6. The minimum absolute atomic E-state index is 0.259. The second-order valence-corrected chi connectivity index (χ2v) is 0.628. The number of nitrogens with two attached hydrogens (primary N) is 2. The Balaban J connectivity index is 3.14. The molecule has 0 bridgehead atoms. The highest BCUT2D eigenvalue weighted by molar-refractivity contribution is 5.75. The Hall–Kier alpha value is -0.970.